The quantitative estimate of drug-likeness (QED) is 0.851. The second kappa shape index (κ2) is 5.42. The summed E-state index contributed by atoms with van der Waals surface area (Å²) < 4.78 is 27.2. The van der Waals surface area contributed by atoms with Crippen LogP contribution in [0.3, 0.4) is 0 Å². The Bertz CT molecular complexity index is 621. The lowest BCUT2D eigenvalue weighted by molar-refractivity contribution is 0.603. The molecule has 0 aliphatic rings. The van der Waals surface area contributed by atoms with Gasteiger partial charge in [0.25, 0.3) is 10.0 Å². The molecular weight excluding hydrogens is 334 g/mol. The molecule has 1 heterocycles. The predicted molar refractivity (Wildman–Crippen MR) is 78.9 cm³/mol. The molecule has 0 radical (unpaired) electrons. The predicted octanol–water partition coefficient (Wildman–Crippen LogP) is 4.00. The maximum atomic E-state index is 12.1. The minimum absolute atomic E-state index is 0.0831. The number of rotatable bonds is 4. The van der Waals surface area contributed by atoms with Crippen molar-refractivity contribution >= 4 is 43.0 Å². The molecule has 0 fully saturated rings. The van der Waals surface area contributed by atoms with Crippen LogP contribution < -0.4 is 4.72 Å². The summed E-state index contributed by atoms with van der Waals surface area (Å²) in [5.41, 5.74) is 1.52. The molecule has 0 bridgehead atoms. The van der Waals surface area contributed by atoms with E-state index in [9.17, 15) is 8.42 Å². The van der Waals surface area contributed by atoms with Gasteiger partial charge in [-0.1, -0.05) is 40.2 Å². The van der Waals surface area contributed by atoms with Crippen molar-refractivity contribution in [1.29, 1.82) is 0 Å². The molecule has 2 rings (SSSR count). The van der Waals surface area contributed by atoms with Crippen molar-refractivity contribution in [2.24, 2.45) is 0 Å². The second-order valence-electron chi connectivity index (χ2n) is 3.74. The Kier molecular flexibility index (Phi) is 4.09. The minimum atomic E-state index is -3.48. The molecular formula is C12H12BrNO2S2. The Labute approximate surface area is 119 Å². The lowest BCUT2D eigenvalue weighted by Gasteiger charge is -2.13. The SMILES string of the molecule is CC(Br)c1ccccc1NS(=O)(=O)c1cccs1. The minimum Gasteiger partial charge on any atom is -0.279 e. The van der Waals surface area contributed by atoms with Crippen molar-refractivity contribution in [3.05, 3.63) is 47.3 Å². The summed E-state index contributed by atoms with van der Waals surface area (Å²) in [5.74, 6) is 0. The van der Waals surface area contributed by atoms with E-state index in [1.54, 1.807) is 23.6 Å². The highest BCUT2D eigenvalue weighted by atomic mass is 79.9. The molecule has 6 heteroatoms. The van der Waals surface area contributed by atoms with E-state index >= 15 is 0 Å². The molecule has 3 nitrogen and oxygen atoms in total. The van der Waals surface area contributed by atoms with Gasteiger partial charge in [-0.05, 0) is 30.0 Å². The molecule has 0 saturated carbocycles. The van der Waals surface area contributed by atoms with Gasteiger partial charge in [0, 0.05) is 4.83 Å². The summed E-state index contributed by atoms with van der Waals surface area (Å²) in [6, 6.07) is 10.7. The van der Waals surface area contributed by atoms with Crippen molar-refractivity contribution in [2.45, 2.75) is 16.0 Å². The van der Waals surface area contributed by atoms with Crippen LogP contribution in [0.15, 0.2) is 46.0 Å². The number of para-hydroxylation sites is 1. The van der Waals surface area contributed by atoms with Gasteiger partial charge in [-0.2, -0.15) is 0 Å². The molecule has 96 valence electrons. The van der Waals surface area contributed by atoms with E-state index in [-0.39, 0.29) is 4.83 Å². The largest absolute Gasteiger partial charge is 0.279 e. The van der Waals surface area contributed by atoms with Crippen LogP contribution in [0.5, 0.6) is 0 Å². The van der Waals surface area contributed by atoms with E-state index in [0.29, 0.717) is 9.90 Å². The highest BCUT2D eigenvalue weighted by molar-refractivity contribution is 9.09. The molecule has 1 N–H and O–H groups in total. The zero-order valence-corrected chi connectivity index (χ0v) is 12.8. The molecule has 18 heavy (non-hydrogen) atoms. The van der Waals surface area contributed by atoms with Crippen LogP contribution in [0.25, 0.3) is 0 Å². The Morgan fingerprint density at radius 1 is 1.22 bits per heavy atom. The van der Waals surface area contributed by atoms with Gasteiger partial charge in [-0.25, -0.2) is 8.42 Å². The first-order valence-corrected chi connectivity index (χ1v) is 8.58. The number of thiophene rings is 1. The summed E-state index contributed by atoms with van der Waals surface area (Å²) in [7, 11) is -3.48. The van der Waals surface area contributed by atoms with Gasteiger partial charge in [-0.3, -0.25) is 4.72 Å². The van der Waals surface area contributed by atoms with Gasteiger partial charge < -0.3 is 0 Å². The van der Waals surface area contributed by atoms with Gasteiger partial charge in [-0.15, -0.1) is 11.3 Å². The normalized spacial score (nSPS) is 13.2. The average Bonchev–Trinajstić information content (AvgIpc) is 2.83. The van der Waals surface area contributed by atoms with Crippen LogP contribution in [0.2, 0.25) is 0 Å². The molecule has 1 unspecified atom stereocenters. The van der Waals surface area contributed by atoms with Crippen molar-refractivity contribution in [3.63, 3.8) is 0 Å². The number of anilines is 1. The van der Waals surface area contributed by atoms with Gasteiger partial charge >= 0.3 is 0 Å². The molecule has 2 aromatic rings. The first-order valence-electron chi connectivity index (χ1n) is 5.30. The fraction of sp³-hybridized carbons (Fsp3) is 0.167. The van der Waals surface area contributed by atoms with Crippen molar-refractivity contribution in [3.8, 4) is 0 Å². The van der Waals surface area contributed by atoms with E-state index in [1.807, 2.05) is 25.1 Å². The number of alkyl halides is 1. The molecule has 1 atom stereocenters. The first-order chi connectivity index (χ1) is 8.50. The van der Waals surface area contributed by atoms with Gasteiger partial charge in [0.05, 0.1) is 5.69 Å². The summed E-state index contributed by atoms with van der Waals surface area (Å²) in [6.07, 6.45) is 0. The van der Waals surface area contributed by atoms with Crippen LogP contribution in [-0.4, -0.2) is 8.42 Å². The van der Waals surface area contributed by atoms with Gasteiger partial charge in [0.15, 0.2) is 0 Å². The van der Waals surface area contributed by atoms with Gasteiger partial charge in [0.2, 0.25) is 0 Å². The molecule has 0 spiro atoms. The summed E-state index contributed by atoms with van der Waals surface area (Å²) in [5, 5.41) is 1.74. The fourth-order valence-electron chi connectivity index (χ4n) is 1.55. The zero-order chi connectivity index (χ0) is 13.2. The van der Waals surface area contributed by atoms with E-state index < -0.39 is 10.0 Å². The van der Waals surface area contributed by atoms with Gasteiger partial charge in [0.1, 0.15) is 4.21 Å². The Balaban J connectivity index is 2.36. The third kappa shape index (κ3) is 2.93. The highest BCUT2D eigenvalue weighted by Crippen LogP contribution is 2.30. The standard InChI is InChI=1S/C12H12BrNO2S2/c1-9(13)10-5-2-3-6-11(10)14-18(15,16)12-7-4-8-17-12/h2-9,14H,1H3. The van der Waals surface area contributed by atoms with Crippen LogP contribution in [-0.2, 0) is 10.0 Å². The number of hydrogen-bond donors (Lipinski definition) is 1. The van der Waals surface area contributed by atoms with E-state index in [1.165, 1.54) is 11.3 Å². The molecule has 0 aliphatic heterocycles. The molecule has 1 aromatic carbocycles. The number of halogens is 1. The lowest BCUT2D eigenvalue weighted by atomic mass is 10.1. The monoisotopic (exact) mass is 345 g/mol. The average molecular weight is 346 g/mol. The van der Waals surface area contributed by atoms with Crippen molar-refractivity contribution in [2.75, 3.05) is 4.72 Å². The number of nitrogens with one attached hydrogen (secondary N) is 1. The Morgan fingerprint density at radius 3 is 2.56 bits per heavy atom. The molecule has 0 amide bonds. The summed E-state index contributed by atoms with van der Waals surface area (Å²) in [6.45, 7) is 1.96. The first kappa shape index (κ1) is 13.6. The Hall–Kier alpha value is -0.850. The highest BCUT2D eigenvalue weighted by Gasteiger charge is 2.17. The topological polar surface area (TPSA) is 46.2 Å². The summed E-state index contributed by atoms with van der Waals surface area (Å²) in [4.78, 5) is 0.0831. The molecule has 0 saturated heterocycles. The maximum Gasteiger partial charge on any atom is 0.271 e. The van der Waals surface area contributed by atoms with Crippen molar-refractivity contribution < 1.29 is 8.42 Å². The van der Waals surface area contributed by atoms with Crippen LogP contribution >= 0.6 is 27.3 Å². The smallest absolute Gasteiger partial charge is 0.271 e. The second-order valence-corrected chi connectivity index (χ2v) is 7.97. The number of benzene rings is 1. The summed E-state index contributed by atoms with van der Waals surface area (Å²) >= 11 is 4.66. The zero-order valence-electron chi connectivity index (χ0n) is 9.63. The fourth-order valence-corrected chi connectivity index (χ4v) is 4.03. The Morgan fingerprint density at radius 2 is 1.94 bits per heavy atom. The van der Waals surface area contributed by atoms with Crippen LogP contribution in [0.4, 0.5) is 5.69 Å². The third-order valence-corrected chi connectivity index (χ3v) is 5.65. The molecule has 0 aliphatic carbocycles. The maximum absolute atomic E-state index is 12.1. The number of hydrogen-bond acceptors (Lipinski definition) is 3. The van der Waals surface area contributed by atoms with E-state index in [2.05, 4.69) is 20.7 Å². The molecule has 1 aromatic heterocycles. The van der Waals surface area contributed by atoms with Crippen LogP contribution in [0.1, 0.15) is 17.3 Å². The number of sulfonamides is 1. The lowest BCUT2D eigenvalue weighted by Crippen LogP contribution is -2.12. The third-order valence-electron chi connectivity index (χ3n) is 2.39. The van der Waals surface area contributed by atoms with E-state index in [0.717, 1.165) is 5.56 Å². The van der Waals surface area contributed by atoms with Crippen molar-refractivity contribution in [1.82, 2.24) is 0 Å². The van der Waals surface area contributed by atoms with Crippen LogP contribution in [0, 0.1) is 0 Å². The van der Waals surface area contributed by atoms with E-state index in [4.69, 9.17) is 0 Å².